The van der Waals surface area contributed by atoms with Gasteiger partial charge in [0.15, 0.2) is 11.5 Å². The molecule has 240 valence electrons. The molecule has 7 rings (SSSR count). The van der Waals surface area contributed by atoms with Gasteiger partial charge in [0.05, 0.1) is 46.7 Å². The number of nitrogens with zero attached hydrogens (tertiary/aromatic N) is 2. The number of carboxylic acids is 1. The molecule has 12 heteroatoms. The molecule has 0 radical (unpaired) electrons. The van der Waals surface area contributed by atoms with Gasteiger partial charge in [-0.2, -0.15) is 0 Å². The number of rotatable bonds is 5. The summed E-state index contributed by atoms with van der Waals surface area (Å²) in [5, 5.41) is 30.2. The quantitative estimate of drug-likeness (QED) is 0.256. The second-order valence-electron chi connectivity index (χ2n) is 12.6. The van der Waals surface area contributed by atoms with E-state index < -0.39 is 70.4 Å². The number of carbonyl (C=O) groups is 5. The highest BCUT2D eigenvalue weighted by atomic mass is 35.5. The van der Waals surface area contributed by atoms with E-state index in [0.29, 0.717) is 16.8 Å². The van der Waals surface area contributed by atoms with Crippen molar-refractivity contribution >= 4 is 52.6 Å². The van der Waals surface area contributed by atoms with Gasteiger partial charge < -0.3 is 20.1 Å². The van der Waals surface area contributed by atoms with Gasteiger partial charge >= 0.3 is 5.97 Å². The smallest absolute Gasteiger partial charge is 0.339 e. The first-order valence-electron chi connectivity index (χ1n) is 15.0. The van der Waals surface area contributed by atoms with Crippen LogP contribution in [0.4, 0.5) is 11.4 Å². The van der Waals surface area contributed by atoms with Crippen LogP contribution in [0.25, 0.3) is 0 Å². The number of phenolic OH excluding ortho intramolecular Hbond substituents is 1. The second-order valence-corrected chi connectivity index (χ2v) is 13.0. The van der Waals surface area contributed by atoms with E-state index in [1.54, 1.807) is 43.3 Å². The summed E-state index contributed by atoms with van der Waals surface area (Å²) in [6.45, 7) is 1.74. The summed E-state index contributed by atoms with van der Waals surface area (Å²) in [5.74, 6) is -8.01. The van der Waals surface area contributed by atoms with Crippen molar-refractivity contribution in [3.8, 4) is 17.2 Å². The number of hydrogen-bond acceptors (Lipinski definition) is 8. The Balaban J connectivity index is 1.37. The maximum atomic E-state index is 14.5. The predicted molar refractivity (Wildman–Crippen MR) is 168 cm³/mol. The third-order valence-corrected chi connectivity index (χ3v) is 10.7. The van der Waals surface area contributed by atoms with E-state index in [9.17, 15) is 39.3 Å². The molecule has 0 bridgehead atoms. The third-order valence-electron chi connectivity index (χ3n) is 10.4. The number of halogens is 1. The Morgan fingerprint density at radius 1 is 0.915 bits per heavy atom. The Bertz CT molecular complexity index is 1940. The number of fused-ring (bicyclic) bond motifs is 4. The van der Waals surface area contributed by atoms with Gasteiger partial charge in [0, 0.05) is 12.0 Å². The van der Waals surface area contributed by atoms with Gasteiger partial charge in [0.2, 0.25) is 23.6 Å². The van der Waals surface area contributed by atoms with E-state index in [4.69, 9.17) is 16.3 Å². The molecule has 4 amide bonds. The highest BCUT2D eigenvalue weighted by Gasteiger charge is 2.67. The lowest BCUT2D eigenvalue weighted by Gasteiger charge is -2.49. The summed E-state index contributed by atoms with van der Waals surface area (Å²) in [4.78, 5) is 70.4. The molecule has 2 aliphatic heterocycles. The first kappa shape index (κ1) is 30.5. The molecular weight excluding hydrogens is 628 g/mol. The lowest BCUT2D eigenvalue weighted by Crippen LogP contribution is -2.48. The van der Waals surface area contributed by atoms with Gasteiger partial charge in [-0.05, 0) is 67.6 Å². The number of ether oxygens (including phenoxy) is 1. The SMILES string of the molecule is COc1cc([C@H]2C3=CC[C@@H]4C(=O)N(c5ccc(C(=O)O)c(O)c5)C(=O)[C@@H]4[C@@H]3C[C@H]3C(=O)N(c4ccccc4)C(=O)[C@@]23C)cc(Cl)c1O. The molecule has 2 aliphatic carbocycles. The predicted octanol–water partition coefficient (Wildman–Crippen LogP) is 4.89. The van der Waals surface area contributed by atoms with E-state index in [1.165, 1.54) is 24.1 Å². The average molecular weight is 657 g/mol. The highest BCUT2D eigenvalue weighted by molar-refractivity contribution is 6.32. The Hall–Kier alpha value is -5.16. The molecule has 4 aliphatic rings. The fourth-order valence-electron chi connectivity index (χ4n) is 8.23. The summed E-state index contributed by atoms with van der Waals surface area (Å²) < 4.78 is 5.39. The number of methoxy groups -OCH3 is 1. The molecule has 0 spiro atoms. The minimum atomic E-state index is -1.36. The topological polar surface area (TPSA) is 162 Å². The summed E-state index contributed by atoms with van der Waals surface area (Å²) in [6, 6.07) is 15.2. The lowest BCUT2D eigenvalue weighted by atomic mass is 9.51. The number of carbonyl (C=O) groups excluding carboxylic acids is 4. The van der Waals surface area contributed by atoms with Crippen LogP contribution >= 0.6 is 11.6 Å². The summed E-state index contributed by atoms with van der Waals surface area (Å²) in [5.41, 5.74) is -0.0395. The molecule has 3 N–H and O–H groups in total. The maximum Gasteiger partial charge on any atom is 0.339 e. The van der Waals surface area contributed by atoms with Crippen molar-refractivity contribution in [3.63, 3.8) is 0 Å². The van der Waals surface area contributed by atoms with Crippen LogP contribution in [0.1, 0.15) is 41.6 Å². The standard InChI is InChI=1S/C35H29ClN2O9/c1-35-23(31(42)38(34(35)46)17-6-4-3-5-7-17)15-22-19(28(35)16-12-24(36)29(40)26(13-16)47-2)10-11-21-27(22)32(43)37(30(21)41)18-8-9-20(33(44)45)25(39)14-18/h3-10,12-14,21-23,27-28,39-40H,11,15H2,1-2H3,(H,44,45)/t21-,22+,23-,27-,28-,35+/m0/s1. The number of aromatic hydroxyl groups is 2. The minimum Gasteiger partial charge on any atom is -0.507 e. The van der Waals surface area contributed by atoms with E-state index in [0.717, 1.165) is 17.0 Å². The molecule has 2 heterocycles. The van der Waals surface area contributed by atoms with Gasteiger partial charge in [0.1, 0.15) is 11.3 Å². The number of imide groups is 2. The van der Waals surface area contributed by atoms with Gasteiger partial charge in [-0.1, -0.05) is 41.4 Å². The molecule has 47 heavy (non-hydrogen) atoms. The molecule has 3 fully saturated rings. The number of amides is 4. The maximum absolute atomic E-state index is 14.5. The van der Waals surface area contributed by atoms with Crippen LogP contribution in [-0.2, 0) is 19.2 Å². The normalized spacial score (nSPS) is 28.1. The monoisotopic (exact) mass is 656 g/mol. The fourth-order valence-corrected chi connectivity index (χ4v) is 8.45. The minimum absolute atomic E-state index is 0.0180. The van der Waals surface area contributed by atoms with Gasteiger partial charge in [-0.3, -0.25) is 19.2 Å². The van der Waals surface area contributed by atoms with Crippen LogP contribution in [0.15, 0.2) is 72.3 Å². The Morgan fingerprint density at radius 2 is 1.64 bits per heavy atom. The number of para-hydroxylation sites is 1. The summed E-state index contributed by atoms with van der Waals surface area (Å²) in [6.07, 6.45) is 2.15. The van der Waals surface area contributed by atoms with Crippen molar-refractivity contribution < 1.29 is 44.0 Å². The van der Waals surface area contributed by atoms with Crippen LogP contribution in [0.5, 0.6) is 17.2 Å². The van der Waals surface area contributed by atoms with E-state index in [-0.39, 0.29) is 40.6 Å². The average Bonchev–Trinajstić information content (AvgIpc) is 3.41. The molecule has 3 aromatic carbocycles. The van der Waals surface area contributed by atoms with Crippen molar-refractivity contribution in [2.24, 2.45) is 29.1 Å². The van der Waals surface area contributed by atoms with Crippen LogP contribution < -0.4 is 14.5 Å². The number of hydrogen-bond donors (Lipinski definition) is 3. The molecule has 11 nitrogen and oxygen atoms in total. The third kappa shape index (κ3) is 4.22. The Kier molecular flexibility index (Phi) is 6.94. The number of anilines is 2. The number of aromatic carboxylic acids is 1. The molecular formula is C35H29ClN2O9. The van der Waals surface area contributed by atoms with E-state index in [1.807, 2.05) is 6.08 Å². The zero-order chi connectivity index (χ0) is 33.5. The van der Waals surface area contributed by atoms with E-state index in [2.05, 4.69) is 0 Å². The summed E-state index contributed by atoms with van der Waals surface area (Å²) >= 11 is 6.46. The Labute approximate surface area is 273 Å². The highest BCUT2D eigenvalue weighted by Crippen LogP contribution is 2.64. The number of benzene rings is 3. The van der Waals surface area contributed by atoms with Crippen molar-refractivity contribution in [1.29, 1.82) is 0 Å². The molecule has 3 aromatic rings. The Morgan fingerprint density at radius 3 is 2.30 bits per heavy atom. The van der Waals surface area contributed by atoms with Gasteiger partial charge in [-0.15, -0.1) is 0 Å². The number of phenols is 2. The zero-order valence-corrected chi connectivity index (χ0v) is 26.0. The van der Waals surface area contributed by atoms with Crippen LogP contribution in [0.2, 0.25) is 5.02 Å². The van der Waals surface area contributed by atoms with Crippen molar-refractivity contribution in [1.82, 2.24) is 0 Å². The van der Waals surface area contributed by atoms with Crippen molar-refractivity contribution in [2.45, 2.75) is 25.7 Å². The van der Waals surface area contributed by atoms with E-state index >= 15 is 0 Å². The molecule has 2 saturated heterocycles. The number of carboxylic acid groups (broad SMARTS) is 1. The summed E-state index contributed by atoms with van der Waals surface area (Å²) in [7, 11) is 1.37. The lowest BCUT2D eigenvalue weighted by molar-refractivity contribution is -0.131. The van der Waals surface area contributed by atoms with Gasteiger partial charge in [-0.25, -0.2) is 14.6 Å². The molecule has 0 unspecified atom stereocenters. The van der Waals surface area contributed by atoms with Crippen molar-refractivity contribution in [3.05, 3.63) is 88.5 Å². The largest absolute Gasteiger partial charge is 0.507 e. The van der Waals surface area contributed by atoms with Crippen molar-refractivity contribution in [2.75, 3.05) is 16.9 Å². The van der Waals surface area contributed by atoms with Crippen LogP contribution in [0, 0.1) is 29.1 Å². The molecule has 0 aromatic heterocycles. The second kappa shape index (κ2) is 10.7. The van der Waals surface area contributed by atoms with Crippen LogP contribution in [0.3, 0.4) is 0 Å². The number of allylic oxidation sites excluding steroid dienone is 2. The zero-order valence-electron chi connectivity index (χ0n) is 25.2. The first-order chi connectivity index (χ1) is 22.4. The van der Waals surface area contributed by atoms with Gasteiger partial charge in [0.25, 0.3) is 0 Å². The fraction of sp³-hybridized carbons (Fsp3) is 0.286. The molecule has 1 saturated carbocycles. The first-order valence-corrected chi connectivity index (χ1v) is 15.4. The van der Waals surface area contributed by atoms with Crippen LogP contribution in [-0.4, -0.2) is 52.0 Å². The molecule has 6 atom stereocenters.